The number of aromatic amines is 1. The molecule has 1 atom stereocenters. The topological polar surface area (TPSA) is 131 Å². The van der Waals surface area contributed by atoms with E-state index >= 15 is 0 Å². The van der Waals surface area contributed by atoms with Gasteiger partial charge in [0.15, 0.2) is 5.84 Å². The van der Waals surface area contributed by atoms with Gasteiger partial charge in [-0.2, -0.15) is 0 Å². The minimum absolute atomic E-state index is 0.420. The first kappa shape index (κ1) is 23.2. The number of nitrogens with two attached hydrogens (primary N) is 1. The van der Waals surface area contributed by atoms with Crippen LogP contribution < -0.4 is 26.0 Å². The van der Waals surface area contributed by atoms with Gasteiger partial charge in [0, 0.05) is 43.6 Å². The molecule has 0 aliphatic carbocycles. The molecule has 0 bridgehead atoms. The number of nitrogens with zero attached hydrogens (tertiary/aromatic N) is 3. The van der Waals surface area contributed by atoms with Crippen LogP contribution in [0.1, 0.15) is 11.3 Å². The quantitative estimate of drug-likeness (QED) is 0.367. The molecule has 0 radical (unpaired) electrons. The molecule has 3 aromatic rings. The third kappa shape index (κ3) is 4.97. The summed E-state index contributed by atoms with van der Waals surface area (Å²) in [4.78, 5) is 12.7. The summed E-state index contributed by atoms with van der Waals surface area (Å²) < 4.78 is 26.2. The van der Waals surface area contributed by atoms with Crippen molar-refractivity contribution in [1.82, 2.24) is 9.88 Å². The fourth-order valence-electron chi connectivity index (χ4n) is 4.36. The second kappa shape index (κ2) is 8.91. The normalized spacial score (nSPS) is 20.5. The highest BCUT2D eigenvalue weighted by Crippen LogP contribution is 2.33. The summed E-state index contributed by atoms with van der Waals surface area (Å²) in [5.41, 5.74) is 11.3. The monoisotopic (exact) mass is 494 g/mol. The minimum atomic E-state index is -3.45. The van der Waals surface area contributed by atoms with E-state index in [0.717, 1.165) is 55.1 Å². The summed E-state index contributed by atoms with van der Waals surface area (Å²) in [6, 6.07) is 17.1. The van der Waals surface area contributed by atoms with Crippen LogP contribution in [0.5, 0.6) is 0 Å². The first-order valence-electron chi connectivity index (χ1n) is 11.4. The molecule has 3 heterocycles. The Bertz CT molecular complexity index is 1340. The van der Waals surface area contributed by atoms with E-state index in [0.29, 0.717) is 17.2 Å². The molecular weight excluding hydrogens is 464 g/mol. The smallest absolute Gasteiger partial charge is 0.229 e. The third-order valence-electron chi connectivity index (χ3n) is 6.25. The average molecular weight is 495 g/mol. The van der Waals surface area contributed by atoms with E-state index in [2.05, 4.69) is 49.3 Å². The lowest BCUT2D eigenvalue weighted by molar-refractivity contribution is 0.313. The molecule has 0 amide bonds. The highest BCUT2D eigenvalue weighted by molar-refractivity contribution is 7.92. The maximum atomic E-state index is 11.8. The van der Waals surface area contributed by atoms with E-state index < -0.39 is 15.8 Å². The van der Waals surface area contributed by atoms with Gasteiger partial charge < -0.3 is 25.4 Å². The molecule has 184 valence electrons. The lowest BCUT2D eigenvalue weighted by Crippen LogP contribution is -2.47. The van der Waals surface area contributed by atoms with Crippen molar-refractivity contribution in [3.05, 3.63) is 72.1 Å². The van der Waals surface area contributed by atoms with Gasteiger partial charge in [0.05, 0.1) is 23.3 Å². The lowest BCUT2D eigenvalue weighted by atomic mass is 10.0. The van der Waals surface area contributed by atoms with Crippen LogP contribution in [0.15, 0.2) is 65.8 Å². The molecule has 0 saturated carbocycles. The summed E-state index contributed by atoms with van der Waals surface area (Å²) in [6.07, 6.45) is 2.92. The molecule has 6 N–H and O–H groups in total. The van der Waals surface area contributed by atoms with Crippen molar-refractivity contribution >= 4 is 38.6 Å². The zero-order valence-corrected chi connectivity index (χ0v) is 20.6. The van der Waals surface area contributed by atoms with E-state index in [4.69, 9.17) is 10.7 Å². The van der Waals surface area contributed by atoms with E-state index in [1.54, 1.807) is 24.4 Å². The van der Waals surface area contributed by atoms with Gasteiger partial charge in [-0.3, -0.25) is 10.5 Å². The van der Waals surface area contributed by atoms with Crippen LogP contribution in [0.4, 0.5) is 22.7 Å². The van der Waals surface area contributed by atoms with Crippen molar-refractivity contribution in [2.24, 2.45) is 10.7 Å². The number of aliphatic imine (C=N–C) groups is 1. The summed E-state index contributed by atoms with van der Waals surface area (Å²) in [5.74, 6) is -0.714. The molecule has 1 saturated heterocycles. The number of anilines is 4. The Balaban J connectivity index is 1.45. The predicted molar refractivity (Wildman–Crippen MR) is 142 cm³/mol. The molecule has 1 unspecified atom stereocenters. The van der Waals surface area contributed by atoms with E-state index in [1.807, 2.05) is 24.3 Å². The number of sulfonamides is 1. The van der Waals surface area contributed by atoms with Gasteiger partial charge >= 0.3 is 0 Å². The van der Waals surface area contributed by atoms with Crippen LogP contribution in [-0.2, 0) is 15.8 Å². The number of rotatable bonds is 5. The standard InChI is InChI=1S/C24H30N8O2S/c1-31-13-15-32(16-14-31)18-9-7-17(8-10-18)24(25)28-21-11-12-26-22(21)23(29-24)27-19-5-3-4-6-20(19)30-35(2,33)34/h3-12,26,28,30H,13-16,25H2,1-2H3,(H,27,29). The molecule has 2 aliphatic rings. The maximum Gasteiger partial charge on any atom is 0.229 e. The van der Waals surface area contributed by atoms with Crippen molar-refractivity contribution in [3.63, 3.8) is 0 Å². The molecule has 1 fully saturated rings. The summed E-state index contributed by atoms with van der Waals surface area (Å²) in [7, 11) is -1.31. The van der Waals surface area contributed by atoms with Crippen molar-refractivity contribution in [3.8, 4) is 0 Å². The van der Waals surface area contributed by atoms with Crippen molar-refractivity contribution < 1.29 is 8.42 Å². The Morgan fingerprint density at radius 3 is 2.37 bits per heavy atom. The number of piperazine rings is 1. The number of hydrogen-bond donors (Lipinski definition) is 5. The summed E-state index contributed by atoms with van der Waals surface area (Å²) in [6.45, 7) is 4.05. The number of fused-ring (bicyclic) bond motifs is 1. The summed E-state index contributed by atoms with van der Waals surface area (Å²) >= 11 is 0. The average Bonchev–Trinajstić information content (AvgIpc) is 3.28. The second-order valence-electron chi connectivity index (χ2n) is 9.00. The van der Waals surface area contributed by atoms with Crippen LogP contribution in [0.25, 0.3) is 0 Å². The Labute approximate surface area is 205 Å². The van der Waals surface area contributed by atoms with Crippen molar-refractivity contribution in [2.75, 3.05) is 59.7 Å². The number of para-hydroxylation sites is 2. The molecule has 2 aromatic carbocycles. The number of H-pyrrole nitrogens is 1. The first-order valence-corrected chi connectivity index (χ1v) is 13.3. The zero-order valence-electron chi connectivity index (χ0n) is 19.7. The maximum absolute atomic E-state index is 11.8. The van der Waals surface area contributed by atoms with Crippen molar-refractivity contribution in [2.45, 2.75) is 5.79 Å². The van der Waals surface area contributed by atoms with Gasteiger partial charge in [-0.05, 0) is 37.4 Å². The molecule has 0 spiro atoms. The van der Waals surface area contributed by atoms with Gasteiger partial charge in [0.25, 0.3) is 0 Å². The molecule has 2 aliphatic heterocycles. The highest BCUT2D eigenvalue weighted by atomic mass is 32.2. The van der Waals surface area contributed by atoms with Crippen LogP contribution in [0.2, 0.25) is 0 Å². The Morgan fingerprint density at radius 2 is 1.69 bits per heavy atom. The van der Waals surface area contributed by atoms with Gasteiger partial charge in [-0.25, -0.2) is 13.4 Å². The highest BCUT2D eigenvalue weighted by Gasteiger charge is 2.34. The SMILES string of the molecule is CN1CCN(c2ccc(C3(N)N=C(Nc4ccccc4NS(C)(=O)=O)c4[nH]ccc4N3)cc2)CC1. The van der Waals surface area contributed by atoms with Crippen molar-refractivity contribution in [1.29, 1.82) is 0 Å². The molecule has 1 aromatic heterocycles. The Morgan fingerprint density at radius 1 is 1.00 bits per heavy atom. The second-order valence-corrected chi connectivity index (χ2v) is 10.7. The molecule has 5 rings (SSSR count). The number of aromatic nitrogens is 1. The van der Waals surface area contributed by atoms with E-state index in [9.17, 15) is 8.42 Å². The fraction of sp³-hybridized carbons (Fsp3) is 0.292. The number of benzene rings is 2. The first-order chi connectivity index (χ1) is 16.7. The largest absolute Gasteiger partial charge is 0.369 e. The lowest BCUT2D eigenvalue weighted by Gasteiger charge is -2.35. The number of amidine groups is 1. The molecule has 35 heavy (non-hydrogen) atoms. The van der Waals surface area contributed by atoms with Gasteiger partial charge in [-0.15, -0.1) is 0 Å². The molecule has 11 heteroatoms. The van der Waals surface area contributed by atoms with Crippen LogP contribution in [-0.4, -0.2) is 63.6 Å². The molecule has 10 nitrogen and oxygen atoms in total. The minimum Gasteiger partial charge on any atom is -0.369 e. The number of likely N-dealkylation sites (N-methyl/N-ethyl adjacent to an activating group) is 1. The Hall–Kier alpha value is -3.54. The zero-order chi connectivity index (χ0) is 24.6. The fourth-order valence-corrected chi connectivity index (χ4v) is 4.94. The van der Waals surface area contributed by atoms with Gasteiger partial charge in [-0.1, -0.05) is 24.3 Å². The van der Waals surface area contributed by atoms with Crippen LogP contribution in [0, 0.1) is 0 Å². The number of hydrogen-bond acceptors (Lipinski definition) is 8. The van der Waals surface area contributed by atoms with E-state index in [-0.39, 0.29) is 0 Å². The van der Waals surface area contributed by atoms with Crippen LogP contribution >= 0.6 is 0 Å². The predicted octanol–water partition coefficient (Wildman–Crippen LogP) is 2.19. The van der Waals surface area contributed by atoms with E-state index in [1.165, 1.54) is 0 Å². The van der Waals surface area contributed by atoms with Crippen LogP contribution in [0.3, 0.4) is 0 Å². The van der Waals surface area contributed by atoms with Gasteiger partial charge in [0.2, 0.25) is 15.8 Å². The van der Waals surface area contributed by atoms with Gasteiger partial charge in [0.1, 0.15) is 5.69 Å². The molecular formula is C24H30N8O2S. The third-order valence-corrected chi connectivity index (χ3v) is 6.84. The Kier molecular flexibility index (Phi) is 5.91. The number of nitrogens with one attached hydrogen (secondary N) is 4. The summed E-state index contributed by atoms with van der Waals surface area (Å²) in [5, 5.41) is 6.60.